The molecule has 26 heavy (non-hydrogen) atoms. The average molecular weight is 352 g/mol. The second-order valence-electron chi connectivity index (χ2n) is 6.28. The summed E-state index contributed by atoms with van der Waals surface area (Å²) in [6.07, 6.45) is 3.50. The Kier molecular flexibility index (Phi) is 4.16. The van der Waals surface area contributed by atoms with Gasteiger partial charge in [0.05, 0.1) is 12.5 Å². The highest BCUT2D eigenvalue weighted by molar-refractivity contribution is 5.98. The third-order valence-electron chi connectivity index (χ3n) is 4.67. The van der Waals surface area contributed by atoms with Gasteiger partial charge in [0.1, 0.15) is 30.1 Å². The van der Waals surface area contributed by atoms with Crippen LogP contribution in [0.25, 0.3) is 22.3 Å². The molecule has 0 bridgehead atoms. The van der Waals surface area contributed by atoms with Gasteiger partial charge in [0.25, 0.3) is 0 Å². The molecule has 1 aromatic carbocycles. The molecular formula is C18H20N6O2. The van der Waals surface area contributed by atoms with E-state index >= 15 is 0 Å². The van der Waals surface area contributed by atoms with E-state index < -0.39 is 0 Å². The molecule has 1 fully saturated rings. The van der Waals surface area contributed by atoms with Crippen molar-refractivity contribution in [1.29, 1.82) is 0 Å². The summed E-state index contributed by atoms with van der Waals surface area (Å²) < 4.78 is 6.82. The molecule has 2 aromatic heterocycles. The standard InChI is InChI=1S/C18H20N6O2/c1-26-13-6-4-12(5-7-13)16-15-17(19)20-11-21-18(15)24(22-16)10-14(25)23-8-2-3-9-23/h4-7,11H,2-3,8-10H2,1H3,(H2,19,20,21). The average Bonchev–Trinajstić information content (AvgIpc) is 3.31. The van der Waals surface area contributed by atoms with E-state index in [-0.39, 0.29) is 12.5 Å². The van der Waals surface area contributed by atoms with Gasteiger partial charge in [0.15, 0.2) is 5.65 Å². The zero-order valence-corrected chi connectivity index (χ0v) is 14.6. The number of hydrogen-bond donors (Lipinski definition) is 1. The maximum atomic E-state index is 12.5. The van der Waals surface area contributed by atoms with Gasteiger partial charge < -0.3 is 15.4 Å². The predicted octanol–water partition coefficient (Wildman–Crippen LogP) is 1.71. The number of methoxy groups -OCH3 is 1. The molecule has 8 nitrogen and oxygen atoms in total. The first-order valence-corrected chi connectivity index (χ1v) is 8.56. The molecule has 0 aliphatic carbocycles. The Morgan fingerprint density at radius 3 is 2.62 bits per heavy atom. The number of nitrogen functional groups attached to an aromatic ring is 1. The van der Waals surface area contributed by atoms with Crippen LogP contribution < -0.4 is 10.5 Å². The number of fused-ring (bicyclic) bond motifs is 1. The van der Waals surface area contributed by atoms with Crippen LogP contribution in [-0.2, 0) is 11.3 Å². The molecule has 1 amide bonds. The fraction of sp³-hybridized carbons (Fsp3) is 0.333. The van der Waals surface area contributed by atoms with E-state index in [9.17, 15) is 4.79 Å². The summed E-state index contributed by atoms with van der Waals surface area (Å²) in [6.45, 7) is 1.75. The van der Waals surface area contributed by atoms with Gasteiger partial charge in [-0.25, -0.2) is 14.6 Å². The molecule has 0 saturated carbocycles. The Hall–Kier alpha value is -3.16. The number of aromatic nitrogens is 4. The van der Waals surface area contributed by atoms with Gasteiger partial charge in [-0.2, -0.15) is 5.10 Å². The van der Waals surface area contributed by atoms with Crippen molar-refractivity contribution in [3.63, 3.8) is 0 Å². The number of amides is 1. The fourth-order valence-corrected chi connectivity index (χ4v) is 3.29. The zero-order chi connectivity index (χ0) is 18.1. The van der Waals surface area contributed by atoms with E-state index in [1.807, 2.05) is 29.2 Å². The number of nitrogens with zero attached hydrogens (tertiary/aromatic N) is 5. The van der Waals surface area contributed by atoms with Crippen LogP contribution in [0.2, 0.25) is 0 Å². The highest BCUT2D eigenvalue weighted by Gasteiger charge is 2.22. The highest BCUT2D eigenvalue weighted by Crippen LogP contribution is 2.31. The van der Waals surface area contributed by atoms with E-state index in [2.05, 4.69) is 15.1 Å². The van der Waals surface area contributed by atoms with Gasteiger partial charge in [0, 0.05) is 18.7 Å². The first-order chi connectivity index (χ1) is 12.7. The molecule has 3 heterocycles. The largest absolute Gasteiger partial charge is 0.497 e. The Morgan fingerprint density at radius 2 is 1.92 bits per heavy atom. The molecule has 0 atom stereocenters. The van der Waals surface area contributed by atoms with Crippen LogP contribution in [0.4, 0.5) is 5.82 Å². The van der Waals surface area contributed by atoms with Crippen molar-refractivity contribution in [3.8, 4) is 17.0 Å². The van der Waals surface area contributed by atoms with Crippen LogP contribution >= 0.6 is 0 Å². The number of hydrogen-bond acceptors (Lipinski definition) is 6. The van der Waals surface area contributed by atoms with Gasteiger partial charge in [0.2, 0.25) is 5.91 Å². The van der Waals surface area contributed by atoms with Crippen molar-refractivity contribution in [3.05, 3.63) is 30.6 Å². The Bertz CT molecular complexity index is 944. The van der Waals surface area contributed by atoms with E-state index in [0.29, 0.717) is 22.5 Å². The Balaban J connectivity index is 1.76. The maximum Gasteiger partial charge on any atom is 0.244 e. The van der Waals surface area contributed by atoms with Gasteiger partial charge in [-0.15, -0.1) is 0 Å². The normalized spacial score (nSPS) is 14.1. The first-order valence-electron chi connectivity index (χ1n) is 8.56. The topological polar surface area (TPSA) is 99.2 Å². The van der Waals surface area contributed by atoms with E-state index in [1.54, 1.807) is 11.8 Å². The molecule has 0 spiro atoms. The number of ether oxygens (including phenoxy) is 1. The number of anilines is 1. The molecular weight excluding hydrogens is 332 g/mol. The summed E-state index contributed by atoms with van der Waals surface area (Å²) in [5.41, 5.74) is 8.19. The summed E-state index contributed by atoms with van der Waals surface area (Å²) in [5.74, 6) is 1.15. The van der Waals surface area contributed by atoms with Gasteiger partial charge in [-0.05, 0) is 37.1 Å². The second-order valence-corrected chi connectivity index (χ2v) is 6.28. The number of rotatable bonds is 4. The molecule has 0 radical (unpaired) electrons. The van der Waals surface area contributed by atoms with Crippen molar-refractivity contribution >= 4 is 22.8 Å². The molecule has 1 aliphatic rings. The number of likely N-dealkylation sites (tertiary alicyclic amines) is 1. The SMILES string of the molecule is COc1ccc(-c2nn(CC(=O)N3CCCC3)c3ncnc(N)c23)cc1. The molecule has 3 aromatic rings. The van der Waals surface area contributed by atoms with Gasteiger partial charge >= 0.3 is 0 Å². The van der Waals surface area contributed by atoms with Crippen LogP contribution in [0, 0.1) is 0 Å². The molecule has 1 saturated heterocycles. The first kappa shape index (κ1) is 16.3. The second kappa shape index (κ2) is 6.62. The van der Waals surface area contributed by atoms with Crippen LogP contribution in [0.1, 0.15) is 12.8 Å². The smallest absolute Gasteiger partial charge is 0.244 e. The van der Waals surface area contributed by atoms with Crippen molar-refractivity contribution in [2.24, 2.45) is 0 Å². The van der Waals surface area contributed by atoms with Crippen molar-refractivity contribution < 1.29 is 9.53 Å². The summed E-state index contributed by atoms with van der Waals surface area (Å²) in [7, 11) is 1.62. The van der Waals surface area contributed by atoms with Crippen molar-refractivity contribution in [2.75, 3.05) is 25.9 Å². The van der Waals surface area contributed by atoms with Crippen molar-refractivity contribution in [2.45, 2.75) is 19.4 Å². The highest BCUT2D eigenvalue weighted by atomic mass is 16.5. The minimum atomic E-state index is 0.0466. The minimum absolute atomic E-state index is 0.0466. The number of benzene rings is 1. The summed E-state index contributed by atoms with van der Waals surface area (Å²) in [6, 6.07) is 7.52. The molecule has 2 N–H and O–H groups in total. The van der Waals surface area contributed by atoms with Crippen LogP contribution in [0.5, 0.6) is 5.75 Å². The monoisotopic (exact) mass is 352 g/mol. The maximum absolute atomic E-state index is 12.5. The van der Waals surface area contributed by atoms with E-state index in [4.69, 9.17) is 10.5 Å². The van der Waals surface area contributed by atoms with Crippen LogP contribution in [-0.4, -0.2) is 50.8 Å². The quantitative estimate of drug-likeness (QED) is 0.767. The lowest BCUT2D eigenvalue weighted by atomic mass is 10.1. The van der Waals surface area contributed by atoms with Crippen LogP contribution in [0.15, 0.2) is 30.6 Å². The number of nitrogens with two attached hydrogens (primary N) is 1. The van der Waals surface area contributed by atoms with Gasteiger partial charge in [-0.3, -0.25) is 4.79 Å². The molecule has 8 heteroatoms. The summed E-state index contributed by atoms with van der Waals surface area (Å²) in [5, 5.41) is 5.29. The Morgan fingerprint density at radius 1 is 1.19 bits per heavy atom. The Labute approximate surface area is 150 Å². The third-order valence-corrected chi connectivity index (χ3v) is 4.67. The van der Waals surface area contributed by atoms with Gasteiger partial charge in [-0.1, -0.05) is 0 Å². The molecule has 4 rings (SSSR count). The lowest BCUT2D eigenvalue weighted by Crippen LogP contribution is -2.31. The lowest BCUT2D eigenvalue weighted by Gasteiger charge is -2.15. The molecule has 0 unspecified atom stereocenters. The minimum Gasteiger partial charge on any atom is -0.497 e. The van der Waals surface area contributed by atoms with E-state index in [0.717, 1.165) is 37.2 Å². The number of carbonyl (C=O) groups is 1. The third kappa shape index (κ3) is 2.83. The van der Waals surface area contributed by atoms with Crippen molar-refractivity contribution in [1.82, 2.24) is 24.6 Å². The molecule has 134 valence electrons. The lowest BCUT2D eigenvalue weighted by molar-refractivity contribution is -0.130. The zero-order valence-electron chi connectivity index (χ0n) is 14.6. The fourth-order valence-electron chi connectivity index (χ4n) is 3.29. The summed E-state index contributed by atoms with van der Waals surface area (Å²) in [4.78, 5) is 22.8. The van der Waals surface area contributed by atoms with Crippen LogP contribution in [0.3, 0.4) is 0 Å². The molecule has 1 aliphatic heterocycles. The predicted molar refractivity (Wildman–Crippen MR) is 97.5 cm³/mol. The summed E-state index contributed by atoms with van der Waals surface area (Å²) >= 11 is 0. The van der Waals surface area contributed by atoms with E-state index in [1.165, 1.54) is 6.33 Å². The number of carbonyl (C=O) groups excluding carboxylic acids is 1.